The Hall–Kier alpha value is -2.28. The Balaban J connectivity index is 2.47. The Labute approximate surface area is 139 Å². The molecular formula is C17H16F2NO3S. The molecule has 1 amide bonds. The fourth-order valence-electron chi connectivity index (χ4n) is 2.26. The van der Waals surface area contributed by atoms with Gasteiger partial charge in [0, 0.05) is 14.1 Å². The third kappa shape index (κ3) is 3.31. The maximum atomic E-state index is 12.6. The molecule has 0 bridgehead atoms. The Morgan fingerprint density at radius 3 is 2.21 bits per heavy atom. The van der Waals surface area contributed by atoms with E-state index in [0.717, 1.165) is 12.1 Å². The van der Waals surface area contributed by atoms with Crippen molar-refractivity contribution in [1.29, 1.82) is 0 Å². The van der Waals surface area contributed by atoms with Crippen molar-refractivity contribution in [3.05, 3.63) is 53.6 Å². The van der Waals surface area contributed by atoms with Crippen LogP contribution in [0.4, 0.5) is 8.78 Å². The summed E-state index contributed by atoms with van der Waals surface area (Å²) < 4.78 is 48.1. The fraction of sp³-hybridized carbons (Fsp3) is 0.235. The molecule has 0 saturated carbocycles. The molecule has 0 fully saturated rings. The third-order valence-corrected chi connectivity index (χ3v) is 5.00. The van der Waals surface area contributed by atoms with E-state index in [9.17, 15) is 22.0 Å². The van der Waals surface area contributed by atoms with E-state index in [1.54, 1.807) is 33.2 Å². The van der Waals surface area contributed by atoms with Gasteiger partial charge in [0.15, 0.2) is 0 Å². The monoisotopic (exact) mass is 352 g/mol. The van der Waals surface area contributed by atoms with Gasteiger partial charge in [0.1, 0.15) is 0 Å². The van der Waals surface area contributed by atoms with Crippen molar-refractivity contribution in [3.8, 4) is 11.1 Å². The van der Waals surface area contributed by atoms with E-state index < -0.39 is 20.5 Å². The van der Waals surface area contributed by atoms with Crippen molar-refractivity contribution in [3.63, 3.8) is 0 Å². The van der Waals surface area contributed by atoms with Crippen LogP contribution in [0.2, 0.25) is 0 Å². The van der Waals surface area contributed by atoms with Crippen LogP contribution in [0, 0.1) is 13.0 Å². The molecule has 127 valence electrons. The van der Waals surface area contributed by atoms with E-state index in [0.29, 0.717) is 22.3 Å². The smallest absolute Gasteiger partial charge is 0.341 e. The maximum Gasteiger partial charge on any atom is 0.341 e. The molecule has 24 heavy (non-hydrogen) atoms. The second-order valence-electron chi connectivity index (χ2n) is 5.42. The predicted molar refractivity (Wildman–Crippen MR) is 86.7 cm³/mol. The van der Waals surface area contributed by atoms with Crippen LogP contribution in [0.5, 0.6) is 0 Å². The number of hydrogen-bond acceptors (Lipinski definition) is 3. The number of carbonyl (C=O) groups is 1. The van der Waals surface area contributed by atoms with Gasteiger partial charge in [-0.05, 0) is 41.8 Å². The van der Waals surface area contributed by atoms with E-state index in [1.165, 1.54) is 17.0 Å². The lowest BCUT2D eigenvalue weighted by Gasteiger charge is -2.15. The summed E-state index contributed by atoms with van der Waals surface area (Å²) in [6, 6.07) is 11.4. The highest BCUT2D eigenvalue weighted by molar-refractivity contribution is 7.91. The van der Waals surface area contributed by atoms with Gasteiger partial charge in [-0.15, -0.1) is 0 Å². The summed E-state index contributed by atoms with van der Waals surface area (Å²) in [6.07, 6.45) is 0. The summed E-state index contributed by atoms with van der Waals surface area (Å²) in [7, 11) is -1.36. The number of hydrogen-bond donors (Lipinski definition) is 0. The second-order valence-corrected chi connectivity index (χ2v) is 7.34. The molecule has 2 rings (SSSR count). The summed E-state index contributed by atoms with van der Waals surface area (Å²) in [6.45, 7) is 1.76. The normalized spacial score (nSPS) is 11.6. The van der Waals surface area contributed by atoms with Gasteiger partial charge in [0.2, 0.25) is 9.84 Å². The first kappa shape index (κ1) is 18.1. The standard InChI is InChI=1S/C17H16F2NO3S/c1-11-14(5-4-6-15(11)16(21)20(2)3)12-7-9-13(10-8-12)24(22,23)17(18)19/h4-5,7-10,17H,1-3H3. The highest BCUT2D eigenvalue weighted by Gasteiger charge is 2.26. The first-order valence-corrected chi connectivity index (χ1v) is 8.56. The van der Waals surface area contributed by atoms with Crippen LogP contribution in [0.25, 0.3) is 11.1 Å². The number of carbonyl (C=O) groups excluding carboxylic acids is 1. The predicted octanol–water partition coefficient (Wildman–Crippen LogP) is 3.16. The van der Waals surface area contributed by atoms with Crippen molar-refractivity contribution in [2.24, 2.45) is 0 Å². The molecule has 0 unspecified atom stereocenters. The number of halogens is 2. The molecule has 1 radical (unpaired) electrons. The SMILES string of the molecule is Cc1c(C(=O)N(C)C)[c]ccc1-c1ccc(S(=O)(=O)C(F)F)cc1. The topological polar surface area (TPSA) is 54.5 Å². The van der Waals surface area contributed by atoms with Crippen LogP contribution in [0.15, 0.2) is 41.3 Å². The van der Waals surface area contributed by atoms with E-state index in [-0.39, 0.29) is 5.91 Å². The molecule has 0 N–H and O–H groups in total. The number of benzene rings is 2. The van der Waals surface area contributed by atoms with Crippen LogP contribution in [-0.4, -0.2) is 39.1 Å². The number of sulfone groups is 1. The van der Waals surface area contributed by atoms with Gasteiger partial charge in [-0.3, -0.25) is 4.79 Å². The van der Waals surface area contributed by atoms with Crippen LogP contribution in [-0.2, 0) is 9.84 Å². The molecule has 2 aromatic rings. The molecule has 0 aliphatic carbocycles. The lowest BCUT2D eigenvalue weighted by atomic mass is 9.96. The van der Waals surface area contributed by atoms with Gasteiger partial charge in [-0.2, -0.15) is 8.78 Å². The summed E-state index contributed by atoms with van der Waals surface area (Å²) in [5.74, 6) is -3.66. The first-order valence-electron chi connectivity index (χ1n) is 7.01. The zero-order chi connectivity index (χ0) is 18.1. The number of rotatable bonds is 4. The average Bonchev–Trinajstić information content (AvgIpc) is 2.54. The molecule has 0 aromatic heterocycles. The number of nitrogens with zero attached hydrogens (tertiary/aromatic N) is 1. The molecule has 2 aromatic carbocycles. The van der Waals surface area contributed by atoms with Crippen LogP contribution < -0.4 is 0 Å². The second kappa shape index (κ2) is 6.68. The number of amides is 1. The minimum atomic E-state index is -4.62. The zero-order valence-corrected chi connectivity index (χ0v) is 14.2. The third-order valence-electron chi connectivity index (χ3n) is 3.61. The Kier molecular flexibility index (Phi) is 5.03. The lowest BCUT2D eigenvalue weighted by Crippen LogP contribution is -2.22. The van der Waals surface area contributed by atoms with E-state index in [1.807, 2.05) is 0 Å². The molecule has 0 aliphatic heterocycles. The Morgan fingerprint density at radius 2 is 1.71 bits per heavy atom. The Bertz CT molecular complexity index is 860. The van der Waals surface area contributed by atoms with Gasteiger partial charge in [-0.1, -0.05) is 24.3 Å². The van der Waals surface area contributed by atoms with E-state index >= 15 is 0 Å². The van der Waals surface area contributed by atoms with E-state index in [4.69, 9.17) is 0 Å². The highest BCUT2D eigenvalue weighted by Crippen LogP contribution is 2.28. The number of alkyl halides is 2. The zero-order valence-electron chi connectivity index (χ0n) is 13.4. The van der Waals surface area contributed by atoms with Crippen LogP contribution >= 0.6 is 0 Å². The van der Waals surface area contributed by atoms with Gasteiger partial charge >= 0.3 is 5.76 Å². The molecule has 0 spiro atoms. The maximum absolute atomic E-state index is 12.6. The highest BCUT2D eigenvalue weighted by atomic mass is 32.2. The van der Waals surface area contributed by atoms with Gasteiger partial charge in [0.25, 0.3) is 5.91 Å². The molecule has 0 heterocycles. The Morgan fingerprint density at radius 1 is 1.12 bits per heavy atom. The van der Waals surface area contributed by atoms with Crippen molar-refractivity contribution in [1.82, 2.24) is 4.90 Å². The molecule has 0 atom stereocenters. The molecule has 0 aliphatic rings. The average molecular weight is 352 g/mol. The van der Waals surface area contributed by atoms with Crippen LogP contribution in [0.3, 0.4) is 0 Å². The van der Waals surface area contributed by atoms with Gasteiger partial charge in [0.05, 0.1) is 10.5 Å². The van der Waals surface area contributed by atoms with Crippen molar-refractivity contribution >= 4 is 15.7 Å². The van der Waals surface area contributed by atoms with Crippen LogP contribution in [0.1, 0.15) is 15.9 Å². The summed E-state index contributed by atoms with van der Waals surface area (Å²) in [5.41, 5.74) is 2.42. The largest absolute Gasteiger partial charge is 0.345 e. The van der Waals surface area contributed by atoms with Gasteiger partial charge in [-0.25, -0.2) is 8.42 Å². The van der Waals surface area contributed by atoms with E-state index in [2.05, 4.69) is 6.07 Å². The summed E-state index contributed by atoms with van der Waals surface area (Å²) in [5, 5.41) is 0. The molecular weight excluding hydrogens is 336 g/mol. The molecule has 4 nitrogen and oxygen atoms in total. The molecule has 0 saturated heterocycles. The minimum Gasteiger partial charge on any atom is -0.345 e. The lowest BCUT2D eigenvalue weighted by molar-refractivity contribution is 0.0826. The fourth-order valence-corrected chi connectivity index (χ4v) is 2.98. The van der Waals surface area contributed by atoms with Crippen molar-refractivity contribution in [2.75, 3.05) is 14.1 Å². The summed E-state index contributed by atoms with van der Waals surface area (Å²) >= 11 is 0. The summed E-state index contributed by atoms with van der Waals surface area (Å²) in [4.78, 5) is 13.1. The first-order chi connectivity index (χ1) is 11.2. The van der Waals surface area contributed by atoms with Gasteiger partial charge < -0.3 is 4.90 Å². The van der Waals surface area contributed by atoms with Crippen molar-refractivity contribution < 1.29 is 22.0 Å². The van der Waals surface area contributed by atoms with Crippen molar-refractivity contribution in [2.45, 2.75) is 17.6 Å². The quantitative estimate of drug-likeness (QED) is 0.849. The minimum absolute atomic E-state index is 0.203. The molecule has 7 heteroatoms.